The summed E-state index contributed by atoms with van der Waals surface area (Å²) in [5, 5.41) is 10.4. The summed E-state index contributed by atoms with van der Waals surface area (Å²) in [6.45, 7) is 5.42. The highest BCUT2D eigenvalue weighted by atomic mass is 35.5. The van der Waals surface area contributed by atoms with E-state index >= 15 is 0 Å². The molecule has 1 aromatic carbocycles. The summed E-state index contributed by atoms with van der Waals surface area (Å²) in [6.07, 6.45) is 1.73. The highest BCUT2D eigenvalue weighted by Crippen LogP contribution is 2.34. The Hall–Kier alpha value is -1.16. The lowest BCUT2D eigenvalue weighted by Crippen LogP contribution is -2.19. The zero-order chi connectivity index (χ0) is 17.2. The minimum atomic E-state index is -0.842. The molecule has 0 spiro atoms. The molecule has 1 aromatic heterocycles. The minimum absolute atomic E-state index is 0.218. The second kappa shape index (κ2) is 7.16. The van der Waals surface area contributed by atoms with Gasteiger partial charge in [0.2, 0.25) is 0 Å². The second-order valence-electron chi connectivity index (χ2n) is 6.24. The van der Waals surface area contributed by atoms with Crippen LogP contribution in [-0.2, 0) is 12.8 Å². The van der Waals surface area contributed by atoms with Crippen molar-refractivity contribution in [3.63, 3.8) is 0 Å². The maximum atomic E-state index is 14.5. The van der Waals surface area contributed by atoms with Gasteiger partial charge in [-0.05, 0) is 61.9 Å². The Bertz CT molecular complexity index is 711. The number of aryl methyl sites for hydroxylation is 1. The first-order valence-corrected chi connectivity index (χ1v) is 8.33. The molecule has 0 bridgehead atoms. The number of hydrogen-bond acceptors (Lipinski definition) is 2. The maximum Gasteiger partial charge on any atom is 0.134 e. The fourth-order valence-corrected chi connectivity index (χ4v) is 2.94. The number of rotatable bonds is 5. The summed E-state index contributed by atoms with van der Waals surface area (Å²) in [6, 6.07) is 6.78. The number of hydrogen-bond donors (Lipinski definition) is 1. The summed E-state index contributed by atoms with van der Waals surface area (Å²) < 4.78 is 14.5. The van der Waals surface area contributed by atoms with E-state index in [1.807, 2.05) is 13.0 Å². The van der Waals surface area contributed by atoms with Gasteiger partial charge in [0.1, 0.15) is 16.1 Å². The largest absolute Gasteiger partial charge is 0.390 e. The van der Waals surface area contributed by atoms with Crippen LogP contribution in [0.2, 0.25) is 10.3 Å². The highest BCUT2D eigenvalue weighted by Gasteiger charge is 2.19. The number of benzene rings is 1. The van der Waals surface area contributed by atoms with Crippen LogP contribution in [0.15, 0.2) is 24.3 Å². The van der Waals surface area contributed by atoms with E-state index in [1.165, 1.54) is 6.07 Å². The number of aromatic nitrogens is 1. The van der Waals surface area contributed by atoms with Gasteiger partial charge in [-0.2, -0.15) is 0 Å². The van der Waals surface area contributed by atoms with Crippen molar-refractivity contribution in [2.24, 2.45) is 0 Å². The Morgan fingerprint density at radius 1 is 1.17 bits per heavy atom. The Labute approximate surface area is 146 Å². The van der Waals surface area contributed by atoms with Gasteiger partial charge in [-0.1, -0.05) is 42.3 Å². The van der Waals surface area contributed by atoms with E-state index in [0.29, 0.717) is 29.5 Å². The fourth-order valence-electron chi connectivity index (χ4n) is 2.42. The zero-order valence-electron chi connectivity index (χ0n) is 13.5. The molecule has 5 heteroatoms. The standard InChI is InChI=1S/C18H20Cl2FNO/c1-4-11-5-6-12(15(21)9-11)14-10-16(19)22-17(20)13(14)7-8-18(2,3)23/h5-6,9-10,23H,4,7-8H2,1-3H3. The Morgan fingerprint density at radius 3 is 2.43 bits per heavy atom. The van der Waals surface area contributed by atoms with E-state index in [2.05, 4.69) is 4.98 Å². The lowest BCUT2D eigenvalue weighted by atomic mass is 9.93. The monoisotopic (exact) mass is 355 g/mol. The van der Waals surface area contributed by atoms with Crippen molar-refractivity contribution in [1.29, 1.82) is 0 Å². The van der Waals surface area contributed by atoms with Crippen molar-refractivity contribution in [1.82, 2.24) is 4.98 Å². The van der Waals surface area contributed by atoms with E-state index in [-0.39, 0.29) is 16.1 Å². The Kier molecular flexibility index (Phi) is 5.66. The molecule has 0 saturated heterocycles. The molecule has 0 unspecified atom stereocenters. The summed E-state index contributed by atoms with van der Waals surface area (Å²) in [7, 11) is 0. The van der Waals surface area contributed by atoms with Gasteiger partial charge in [0.15, 0.2) is 0 Å². The molecule has 0 aliphatic heterocycles. The van der Waals surface area contributed by atoms with Crippen molar-refractivity contribution >= 4 is 23.2 Å². The van der Waals surface area contributed by atoms with Gasteiger partial charge < -0.3 is 5.11 Å². The zero-order valence-corrected chi connectivity index (χ0v) is 15.0. The minimum Gasteiger partial charge on any atom is -0.390 e. The second-order valence-corrected chi connectivity index (χ2v) is 6.99. The van der Waals surface area contributed by atoms with Crippen LogP contribution in [0.5, 0.6) is 0 Å². The number of pyridine rings is 1. The van der Waals surface area contributed by atoms with Gasteiger partial charge >= 0.3 is 0 Å². The molecule has 1 heterocycles. The normalized spacial score (nSPS) is 11.8. The third-order valence-electron chi connectivity index (χ3n) is 3.76. The maximum absolute atomic E-state index is 14.5. The van der Waals surface area contributed by atoms with Crippen LogP contribution < -0.4 is 0 Å². The topological polar surface area (TPSA) is 33.1 Å². The highest BCUT2D eigenvalue weighted by molar-refractivity contribution is 6.33. The molecule has 0 saturated carbocycles. The molecule has 2 aromatic rings. The van der Waals surface area contributed by atoms with Crippen LogP contribution in [0, 0.1) is 5.82 Å². The predicted octanol–water partition coefficient (Wildman–Crippen LogP) is 5.46. The van der Waals surface area contributed by atoms with Gasteiger partial charge in [0.05, 0.1) is 5.60 Å². The first-order valence-electron chi connectivity index (χ1n) is 7.57. The van der Waals surface area contributed by atoms with Crippen molar-refractivity contribution in [3.05, 3.63) is 51.5 Å². The van der Waals surface area contributed by atoms with Crippen LogP contribution in [0.25, 0.3) is 11.1 Å². The molecule has 0 aliphatic rings. The van der Waals surface area contributed by atoms with E-state index in [4.69, 9.17) is 23.2 Å². The van der Waals surface area contributed by atoms with Gasteiger partial charge in [-0.25, -0.2) is 9.37 Å². The van der Waals surface area contributed by atoms with Gasteiger partial charge in [0, 0.05) is 5.56 Å². The number of aliphatic hydroxyl groups is 1. The van der Waals surface area contributed by atoms with Gasteiger partial charge in [-0.3, -0.25) is 0 Å². The van der Waals surface area contributed by atoms with E-state index < -0.39 is 5.60 Å². The lowest BCUT2D eigenvalue weighted by molar-refractivity contribution is 0.0714. The molecule has 0 fully saturated rings. The Balaban J connectivity index is 2.52. The first-order chi connectivity index (χ1) is 10.7. The smallest absolute Gasteiger partial charge is 0.134 e. The molecular formula is C18H20Cl2FNO. The molecular weight excluding hydrogens is 336 g/mol. The summed E-state index contributed by atoms with van der Waals surface area (Å²) in [4.78, 5) is 4.05. The van der Waals surface area contributed by atoms with Crippen LogP contribution in [0.1, 0.15) is 38.3 Å². The molecule has 2 rings (SSSR count). The number of nitrogens with zero attached hydrogens (tertiary/aromatic N) is 1. The SMILES string of the molecule is CCc1ccc(-c2cc(Cl)nc(Cl)c2CCC(C)(C)O)c(F)c1. The van der Waals surface area contributed by atoms with Crippen LogP contribution in [0.3, 0.4) is 0 Å². The van der Waals surface area contributed by atoms with Crippen LogP contribution >= 0.6 is 23.2 Å². The fraction of sp³-hybridized carbons (Fsp3) is 0.389. The average molecular weight is 356 g/mol. The van der Waals surface area contributed by atoms with Crippen molar-refractivity contribution in [3.8, 4) is 11.1 Å². The molecule has 0 radical (unpaired) electrons. The molecule has 0 aliphatic carbocycles. The molecule has 1 N–H and O–H groups in total. The van der Waals surface area contributed by atoms with E-state index in [9.17, 15) is 9.50 Å². The number of halogens is 3. The third kappa shape index (κ3) is 4.66. The Morgan fingerprint density at radius 2 is 1.87 bits per heavy atom. The molecule has 0 atom stereocenters. The summed E-state index contributed by atoms with van der Waals surface area (Å²) in [5.41, 5.74) is 1.85. The summed E-state index contributed by atoms with van der Waals surface area (Å²) >= 11 is 12.2. The molecule has 124 valence electrons. The van der Waals surface area contributed by atoms with E-state index in [0.717, 1.165) is 12.0 Å². The van der Waals surface area contributed by atoms with E-state index in [1.54, 1.807) is 26.0 Å². The molecule has 0 amide bonds. The van der Waals surface area contributed by atoms with Crippen molar-refractivity contribution in [2.75, 3.05) is 0 Å². The van der Waals surface area contributed by atoms with Crippen molar-refractivity contribution < 1.29 is 9.50 Å². The van der Waals surface area contributed by atoms with Gasteiger partial charge in [0.25, 0.3) is 0 Å². The predicted molar refractivity (Wildman–Crippen MR) is 93.6 cm³/mol. The van der Waals surface area contributed by atoms with Crippen LogP contribution in [0.4, 0.5) is 4.39 Å². The lowest BCUT2D eigenvalue weighted by Gasteiger charge is -2.19. The first kappa shape index (κ1) is 18.2. The van der Waals surface area contributed by atoms with Crippen molar-refractivity contribution in [2.45, 2.75) is 45.6 Å². The molecule has 23 heavy (non-hydrogen) atoms. The quantitative estimate of drug-likeness (QED) is 0.722. The summed E-state index contributed by atoms with van der Waals surface area (Å²) in [5.74, 6) is -0.313. The van der Waals surface area contributed by atoms with Gasteiger partial charge in [-0.15, -0.1) is 0 Å². The van der Waals surface area contributed by atoms with Crippen LogP contribution in [-0.4, -0.2) is 15.7 Å². The third-order valence-corrected chi connectivity index (χ3v) is 4.27. The average Bonchev–Trinajstić information content (AvgIpc) is 2.44. The molecule has 2 nitrogen and oxygen atoms in total.